The summed E-state index contributed by atoms with van der Waals surface area (Å²) in [7, 11) is 0. The smallest absolute Gasteiger partial charge is 0.148 e. The van der Waals surface area contributed by atoms with E-state index < -0.39 is 0 Å². The van der Waals surface area contributed by atoms with E-state index in [0.717, 1.165) is 72.3 Å². The first-order valence-electron chi connectivity index (χ1n) is 17.6. The van der Waals surface area contributed by atoms with Gasteiger partial charge in [-0.2, -0.15) is 0 Å². The van der Waals surface area contributed by atoms with Crippen LogP contribution in [0.25, 0.3) is 89.1 Å². The van der Waals surface area contributed by atoms with E-state index in [-0.39, 0.29) is 26.8 Å². The second-order valence-electron chi connectivity index (χ2n) is 13.1. The number of hydrogen-bond acceptors (Lipinski definition) is 3. The molecular weight excluding hydrogens is 844 g/mol. The summed E-state index contributed by atoms with van der Waals surface area (Å²) in [5.41, 5.74) is 12.4. The molecule has 0 aliphatic carbocycles. The number of aromatic nitrogens is 4. The third-order valence-electron chi connectivity index (χ3n) is 9.96. The first kappa shape index (κ1) is 33.3. The van der Waals surface area contributed by atoms with Crippen LogP contribution in [-0.2, 0) is 21.1 Å². The van der Waals surface area contributed by atoms with Crippen LogP contribution in [0.15, 0.2) is 182 Å². The van der Waals surface area contributed by atoms with Gasteiger partial charge in [0.25, 0.3) is 0 Å². The summed E-state index contributed by atoms with van der Waals surface area (Å²) in [5, 5.41) is 13.3. The van der Waals surface area contributed by atoms with Crippen LogP contribution in [0.2, 0.25) is 0 Å². The fourth-order valence-electron chi connectivity index (χ4n) is 7.52. The van der Waals surface area contributed by atoms with Crippen molar-refractivity contribution in [3.05, 3.63) is 188 Å². The van der Waals surface area contributed by atoms with E-state index in [9.17, 15) is 5.11 Å². The maximum Gasteiger partial charge on any atom is 0.148 e. The summed E-state index contributed by atoms with van der Waals surface area (Å²) in [4.78, 5) is 10.4. The average Bonchev–Trinajstić information content (AvgIpc) is 3.78. The molecule has 0 atom stereocenters. The summed E-state index contributed by atoms with van der Waals surface area (Å²) in [6.07, 6.45) is 1.99. The average molecular weight is 875 g/mol. The van der Waals surface area contributed by atoms with E-state index in [2.05, 4.69) is 137 Å². The van der Waals surface area contributed by atoms with Crippen molar-refractivity contribution >= 4 is 32.8 Å². The quantitative estimate of drug-likeness (QED) is 0.169. The molecular formula is C48H31N4OPt-. The molecule has 1 N–H and O–H groups in total. The number of pyridine rings is 1. The molecule has 0 radical (unpaired) electrons. The molecule has 0 spiro atoms. The first-order valence-corrected chi connectivity index (χ1v) is 17.6. The molecule has 0 amide bonds. The Morgan fingerprint density at radius 1 is 0.481 bits per heavy atom. The number of rotatable bonds is 6. The zero-order chi connectivity index (χ0) is 35.3. The topological polar surface area (TPSA) is 55.9 Å². The number of phenols is 1. The standard InChI is InChI=1S/C48H31N4O.Pt/c53-46-26-13-11-22-40(46)48-50-47-38(23-14-25-44(47)52(48)37-19-8-3-9-20-37)34-27-33(32-15-4-1-5-16-32)28-35(29-34)42-30-41-39-21-10-12-24-43(39)51(45(41)31-49-42)36-17-6-2-7-18-36;/h1-28,30-31,53H;/q-1;. The van der Waals surface area contributed by atoms with Crippen LogP contribution in [0.3, 0.4) is 0 Å². The number of imidazole rings is 1. The normalized spacial score (nSPS) is 11.3. The molecule has 0 aliphatic rings. The number of hydrogen-bond donors (Lipinski definition) is 1. The van der Waals surface area contributed by atoms with E-state index in [1.807, 2.05) is 54.7 Å². The van der Waals surface area contributed by atoms with Gasteiger partial charge in [-0.25, -0.2) is 4.98 Å². The summed E-state index contributed by atoms with van der Waals surface area (Å²) < 4.78 is 4.40. The van der Waals surface area contributed by atoms with Crippen LogP contribution < -0.4 is 0 Å². The van der Waals surface area contributed by atoms with Crippen molar-refractivity contribution in [3.63, 3.8) is 0 Å². The minimum absolute atomic E-state index is 0. The van der Waals surface area contributed by atoms with Gasteiger partial charge in [0.2, 0.25) is 0 Å². The summed E-state index contributed by atoms with van der Waals surface area (Å²) >= 11 is 0. The fourth-order valence-corrected chi connectivity index (χ4v) is 7.52. The molecule has 0 unspecified atom stereocenters. The molecule has 5 nitrogen and oxygen atoms in total. The van der Waals surface area contributed by atoms with E-state index in [1.54, 1.807) is 6.07 Å². The van der Waals surface area contributed by atoms with Crippen LogP contribution in [0, 0.1) is 6.07 Å². The molecule has 3 heterocycles. The molecule has 10 rings (SSSR count). The molecule has 10 aromatic rings. The van der Waals surface area contributed by atoms with E-state index in [4.69, 9.17) is 9.97 Å². The van der Waals surface area contributed by atoms with Crippen LogP contribution in [0.4, 0.5) is 0 Å². The van der Waals surface area contributed by atoms with Gasteiger partial charge in [-0.1, -0.05) is 132 Å². The minimum atomic E-state index is 0. The Labute approximate surface area is 326 Å². The van der Waals surface area contributed by atoms with Crippen molar-refractivity contribution < 1.29 is 26.2 Å². The molecule has 260 valence electrons. The Kier molecular flexibility index (Phi) is 8.49. The predicted octanol–water partition coefficient (Wildman–Crippen LogP) is 11.7. The third kappa shape index (κ3) is 5.62. The second-order valence-corrected chi connectivity index (χ2v) is 13.1. The van der Waals surface area contributed by atoms with Gasteiger partial charge < -0.3 is 9.67 Å². The van der Waals surface area contributed by atoms with Crippen molar-refractivity contribution in [1.29, 1.82) is 0 Å². The Morgan fingerprint density at radius 3 is 1.85 bits per heavy atom. The van der Waals surface area contributed by atoms with Gasteiger partial charge in [-0.05, 0) is 54.1 Å². The van der Waals surface area contributed by atoms with Gasteiger partial charge >= 0.3 is 0 Å². The summed E-state index contributed by atoms with van der Waals surface area (Å²) in [5.74, 6) is 0.842. The van der Waals surface area contributed by atoms with Crippen LogP contribution in [0.5, 0.6) is 5.75 Å². The summed E-state index contributed by atoms with van der Waals surface area (Å²) in [6.45, 7) is 0. The Bertz CT molecular complexity index is 2950. The van der Waals surface area contributed by atoms with Crippen molar-refractivity contribution in [2.75, 3.05) is 0 Å². The fraction of sp³-hybridized carbons (Fsp3) is 0. The molecule has 3 aromatic heterocycles. The number of fused-ring (bicyclic) bond motifs is 4. The molecule has 54 heavy (non-hydrogen) atoms. The number of aromatic hydroxyl groups is 1. The van der Waals surface area contributed by atoms with Crippen LogP contribution in [0.1, 0.15) is 0 Å². The van der Waals surface area contributed by atoms with Crippen molar-refractivity contribution in [2.45, 2.75) is 0 Å². The SMILES string of the molecule is Oc1ccccc1-c1nc2c(-c3[c-]c(-c4cc5c6ccccc6n(-c6ccccc6)c5cn4)cc(-c4ccccc4)c3)cccc2n1-c1ccccc1.[Pt]. The molecule has 0 saturated carbocycles. The number of phenolic OH excluding ortho intramolecular Hbond substituents is 1. The molecule has 6 heteroatoms. The molecule has 0 fully saturated rings. The van der Waals surface area contributed by atoms with Crippen molar-refractivity contribution in [3.8, 4) is 62.0 Å². The van der Waals surface area contributed by atoms with E-state index in [1.165, 1.54) is 5.39 Å². The molecule has 0 bridgehead atoms. The third-order valence-corrected chi connectivity index (χ3v) is 9.96. The Morgan fingerprint density at radius 2 is 1.09 bits per heavy atom. The van der Waals surface area contributed by atoms with Gasteiger partial charge in [-0.15, -0.1) is 23.8 Å². The largest absolute Gasteiger partial charge is 0.507 e. The van der Waals surface area contributed by atoms with E-state index in [0.29, 0.717) is 11.4 Å². The summed E-state index contributed by atoms with van der Waals surface area (Å²) in [6, 6.07) is 63.5. The Balaban J connectivity index is 0.00000384. The number of para-hydroxylation sites is 5. The zero-order valence-electron chi connectivity index (χ0n) is 28.9. The number of benzene rings is 7. The molecule has 0 saturated heterocycles. The van der Waals surface area contributed by atoms with E-state index >= 15 is 0 Å². The zero-order valence-corrected chi connectivity index (χ0v) is 31.1. The monoisotopic (exact) mass is 874 g/mol. The van der Waals surface area contributed by atoms with Crippen LogP contribution in [-0.4, -0.2) is 24.2 Å². The Hall–Kier alpha value is -6.55. The van der Waals surface area contributed by atoms with Gasteiger partial charge in [0, 0.05) is 55.1 Å². The predicted molar refractivity (Wildman–Crippen MR) is 215 cm³/mol. The second kappa shape index (κ2) is 13.8. The molecule has 0 aliphatic heterocycles. The maximum atomic E-state index is 11.0. The van der Waals surface area contributed by atoms with Crippen LogP contribution >= 0.6 is 0 Å². The van der Waals surface area contributed by atoms with Crippen molar-refractivity contribution in [2.24, 2.45) is 0 Å². The minimum Gasteiger partial charge on any atom is -0.507 e. The van der Waals surface area contributed by atoms with Gasteiger partial charge in [0.15, 0.2) is 0 Å². The van der Waals surface area contributed by atoms with Crippen molar-refractivity contribution in [1.82, 2.24) is 19.1 Å². The van der Waals surface area contributed by atoms with Gasteiger partial charge in [0.1, 0.15) is 11.6 Å². The van der Waals surface area contributed by atoms with Gasteiger partial charge in [-0.3, -0.25) is 9.55 Å². The van der Waals surface area contributed by atoms with Gasteiger partial charge in [0.05, 0.1) is 27.6 Å². The number of nitrogens with zero attached hydrogens (tertiary/aromatic N) is 4. The first-order chi connectivity index (χ1) is 26.2. The molecule has 7 aromatic carbocycles. The maximum absolute atomic E-state index is 11.0.